The lowest BCUT2D eigenvalue weighted by Crippen LogP contribution is -2.26. The highest BCUT2D eigenvalue weighted by molar-refractivity contribution is 7.92. The molecule has 0 aromatic rings. The Hall–Kier alpha value is -0.0500. The Kier molecular flexibility index (Phi) is 4.08. The van der Waals surface area contributed by atoms with E-state index < -0.39 is 9.84 Å². The van der Waals surface area contributed by atoms with Crippen LogP contribution in [0.15, 0.2) is 0 Å². The van der Waals surface area contributed by atoms with Gasteiger partial charge in [-0.2, -0.15) is 0 Å². The minimum absolute atomic E-state index is 0.183. The molecule has 0 aromatic carbocycles. The normalized spacial score (nSPS) is 17.8. The molecular weight excluding hydrogens is 160 g/mol. The SMILES string of the molecule is CC[C@@H](C)S(=O)(=O)[C@@H](C)CC. The zero-order valence-electron chi connectivity index (χ0n) is 7.79. The van der Waals surface area contributed by atoms with Crippen LogP contribution in [0.1, 0.15) is 40.5 Å². The summed E-state index contributed by atoms with van der Waals surface area (Å²) in [4.78, 5) is 0. The first-order valence-corrected chi connectivity index (χ1v) is 5.80. The molecule has 0 fully saturated rings. The Morgan fingerprint density at radius 2 is 1.27 bits per heavy atom. The summed E-state index contributed by atoms with van der Waals surface area (Å²) in [7, 11) is -2.84. The summed E-state index contributed by atoms with van der Waals surface area (Å²) in [6.07, 6.45) is 1.43. The van der Waals surface area contributed by atoms with Crippen molar-refractivity contribution in [2.45, 2.75) is 51.0 Å². The van der Waals surface area contributed by atoms with Gasteiger partial charge in [0.15, 0.2) is 9.84 Å². The van der Waals surface area contributed by atoms with Crippen molar-refractivity contribution < 1.29 is 8.42 Å². The fourth-order valence-electron chi connectivity index (χ4n) is 0.861. The number of hydrogen-bond acceptors (Lipinski definition) is 2. The van der Waals surface area contributed by atoms with E-state index in [1.54, 1.807) is 13.8 Å². The van der Waals surface area contributed by atoms with Crippen LogP contribution in [-0.4, -0.2) is 18.9 Å². The summed E-state index contributed by atoms with van der Waals surface area (Å²) in [5, 5.41) is -0.366. The molecule has 0 saturated carbocycles. The largest absolute Gasteiger partial charge is 0.228 e. The van der Waals surface area contributed by atoms with Crippen molar-refractivity contribution in [3.63, 3.8) is 0 Å². The zero-order valence-corrected chi connectivity index (χ0v) is 8.61. The fraction of sp³-hybridized carbons (Fsp3) is 1.00. The predicted molar refractivity (Wildman–Crippen MR) is 48.4 cm³/mol. The van der Waals surface area contributed by atoms with Gasteiger partial charge in [-0.25, -0.2) is 8.42 Å². The van der Waals surface area contributed by atoms with Crippen LogP contribution >= 0.6 is 0 Å². The van der Waals surface area contributed by atoms with E-state index in [2.05, 4.69) is 0 Å². The van der Waals surface area contributed by atoms with Crippen LogP contribution in [0, 0.1) is 0 Å². The molecule has 0 aliphatic heterocycles. The highest BCUT2D eigenvalue weighted by atomic mass is 32.2. The summed E-state index contributed by atoms with van der Waals surface area (Å²) < 4.78 is 23.0. The molecule has 0 bridgehead atoms. The minimum Gasteiger partial charge on any atom is -0.228 e. The van der Waals surface area contributed by atoms with Gasteiger partial charge in [0.05, 0.1) is 10.5 Å². The van der Waals surface area contributed by atoms with E-state index >= 15 is 0 Å². The van der Waals surface area contributed by atoms with Crippen molar-refractivity contribution >= 4 is 9.84 Å². The van der Waals surface area contributed by atoms with Gasteiger partial charge >= 0.3 is 0 Å². The maximum absolute atomic E-state index is 11.5. The van der Waals surface area contributed by atoms with Gasteiger partial charge in [0.2, 0.25) is 0 Å². The monoisotopic (exact) mass is 178 g/mol. The van der Waals surface area contributed by atoms with Crippen molar-refractivity contribution in [1.82, 2.24) is 0 Å². The Morgan fingerprint density at radius 3 is 1.45 bits per heavy atom. The van der Waals surface area contributed by atoms with Gasteiger partial charge in [0.25, 0.3) is 0 Å². The first-order chi connectivity index (χ1) is 4.96. The molecule has 2 atom stereocenters. The maximum Gasteiger partial charge on any atom is 0.155 e. The topological polar surface area (TPSA) is 34.1 Å². The van der Waals surface area contributed by atoms with Crippen LogP contribution in [-0.2, 0) is 9.84 Å². The zero-order chi connectivity index (χ0) is 9.07. The Bertz CT molecular complexity index is 178. The van der Waals surface area contributed by atoms with Crippen LogP contribution in [0.4, 0.5) is 0 Å². The van der Waals surface area contributed by atoms with E-state index in [4.69, 9.17) is 0 Å². The molecule has 0 aliphatic rings. The van der Waals surface area contributed by atoms with E-state index in [-0.39, 0.29) is 10.5 Å². The molecule has 0 aliphatic carbocycles. The van der Waals surface area contributed by atoms with Crippen LogP contribution in [0.2, 0.25) is 0 Å². The summed E-state index contributed by atoms with van der Waals surface area (Å²) in [5.41, 5.74) is 0. The number of hydrogen-bond donors (Lipinski definition) is 0. The molecular formula is C8H18O2S. The fourth-order valence-corrected chi connectivity index (χ4v) is 2.58. The Labute approximate surface area is 69.9 Å². The van der Waals surface area contributed by atoms with Crippen LogP contribution in [0.25, 0.3) is 0 Å². The molecule has 0 saturated heterocycles. The third kappa shape index (κ3) is 2.47. The van der Waals surface area contributed by atoms with E-state index in [9.17, 15) is 8.42 Å². The molecule has 0 spiro atoms. The van der Waals surface area contributed by atoms with Crippen molar-refractivity contribution in [2.24, 2.45) is 0 Å². The van der Waals surface area contributed by atoms with E-state index in [0.717, 1.165) is 0 Å². The number of sulfone groups is 1. The van der Waals surface area contributed by atoms with Gasteiger partial charge in [-0.15, -0.1) is 0 Å². The first-order valence-electron chi connectivity index (χ1n) is 4.19. The Balaban J connectivity index is 4.46. The highest BCUT2D eigenvalue weighted by Crippen LogP contribution is 2.14. The lowest BCUT2D eigenvalue weighted by atomic mass is 10.4. The maximum atomic E-state index is 11.5. The quantitative estimate of drug-likeness (QED) is 0.660. The van der Waals surface area contributed by atoms with Gasteiger partial charge in [-0.3, -0.25) is 0 Å². The molecule has 0 N–H and O–H groups in total. The van der Waals surface area contributed by atoms with Crippen molar-refractivity contribution in [2.75, 3.05) is 0 Å². The highest BCUT2D eigenvalue weighted by Gasteiger charge is 2.24. The van der Waals surface area contributed by atoms with Crippen LogP contribution in [0.3, 0.4) is 0 Å². The van der Waals surface area contributed by atoms with Gasteiger partial charge in [-0.05, 0) is 26.7 Å². The molecule has 0 radical (unpaired) electrons. The minimum atomic E-state index is -2.84. The molecule has 11 heavy (non-hydrogen) atoms. The van der Waals surface area contributed by atoms with Gasteiger partial charge < -0.3 is 0 Å². The Morgan fingerprint density at radius 1 is 1.00 bits per heavy atom. The van der Waals surface area contributed by atoms with Crippen LogP contribution in [0.5, 0.6) is 0 Å². The van der Waals surface area contributed by atoms with Gasteiger partial charge in [0, 0.05) is 0 Å². The molecule has 0 amide bonds. The van der Waals surface area contributed by atoms with Gasteiger partial charge in [-0.1, -0.05) is 13.8 Å². The van der Waals surface area contributed by atoms with Crippen molar-refractivity contribution in [3.8, 4) is 0 Å². The average molecular weight is 178 g/mol. The number of rotatable bonds is 4. The lowest BCUT2D eigenvalue weighted by Gasteiger charge is -2.15. The molecule has 0 heterocycles. The summed E-state index contributed by atoms with van der Waals surface area (Å²) in [6, 6.07) is 0. The first kappa shape index (κ1) is 11.0. The third-order valence-corrected chi connectivity index (χ3v) is 5.18. The molecule has 0 unspecified atom stereocenters. The second-order valence-corrected chi connectivity index (χ2v) is 5.81. The van der Waals surface area contributed by atoms with E-state index in [1.165, 1.54) is 0 Å². The lowest BCUT2D eigenvalue weighted by molar-refractivity contribution is 0.565. The van der Waals surface area contributed by atoms with Crippen molar-refractivity contribution in [3.05, 3.63) is 0 Å². The van der Waals surface area contributed by atoms with Gasteiger partial charge in [0.1, 0.15) is 0 Å². The molecule has 2 nitrogen and oxygen atoms in total. The third-order valence-electron chi connectivity index (χ3n) is 2.27. The predicted octanol–water partition coefficient (Wildman–Crippen LogP) is 2.00. The standard InChI is InChI=1S/C8H18O2S/c1-5-7(3)11(9,10)8(4)6-2/h7-8H,5-6H2,1-4H3/t7-,8+. The summed E-state index contributed by atoms with van der Waals surface area (Å²) in [6.45, 7) is 7.37. The molecule has 0 aromatic heterocycles. The average Bonchev–Trinajstić information content (AvgIpc) is 2.01. The summed E-state index contributed by atoms with van der Waals surface area (Å²) in [5.74, 6) is 0. The van der Waals surface area contributed by atoms with E-state index in [0.29, 0.717) is 12.8 Å². The smallest absolute Gasteiger partial charge is 0.155 e. The van der Waals surface area contributed by atoms with Crippen LogP contribution < -0.4 is 0 Å². The molecule has 68 valence electrons. The summed E-state index contributed by atoms with van der Waals surface area (Å²) >= 11 is 0. The molecule has 0 rings (SSSR count). The molecule has 3 heteroatoms. The second kappa shape index (κ2) is 4.10. The van der Waals surface area contributed by atoms with Crippen molar-refractivity contribution in [1.29, 1.82) is 0 Å². The second-order valence-electron chi connectivity index (χ2n) is 3.03. The van der Waals surface area contributed by atoms with E-state index in [1.807, 2.05) is 13.8 Å².